The molecule has 0 radical (unpaired) electrons. The van der Waals surface area contributed by atoms with Crippen LogP contribution in [-0.2, 0) is 19.1 Å². The van der Waals surface area contributed by atoms with Crippen molar-refractivity contribution in [2.45, 2.75) is 88.5 Å². The van der Waals surface area contributed by atoms with Crippen LogP contribution in [-0.4, -0.2) is 66.6 Å². The van der Waals surface area contributed by atoms with Crippen LogP contribution in [0.15, 0.2) is 0 Å². The summed E-state index contributed by atoms with van der Waals surface area (Å²) in [6.07, 6.45) is 7.09. The highest BCUT2D eigenvalue weighted by molar-refractivity contribution is 8.00. The Balaban J connectivity index is 1.37. The first-order valence-electron chi connectivity index (χ1n) is 11.9. The van der Waals surface area contributed by atoms with Gasteiger partial charge in [-0.05, 0) is 38.5 Å². The van der Waals surface area contributed by atoms with Gasteiger partial charge in [-0.3, -0.25) is 14.4 Å². The van der Waals surface area contributed by atoms with Gasteiger partial charge in [-0.2, -0.15) is 11.8 Å². The molecule has 0 spiro atoms. The van der Waals surface area contributed by atoms with E-state index < -0.39 is 0 Å². The molecule has 2 aliphatic rings. The lowest BCUT2D eigenvalue weighted by Crippen LogP contribution is -2.36. The molecule has 0 bridgehead atoms. The number of urea groups is 1. The van der Waals surface area contributed by atoms with Crippen LogP contribution in [0.5, 0.6) is 0 Å². The lowest BCUT2D eigenvalue weighted by Gasteiger charge is -2.16. The predicted molar refractivity (Wildman–Crippen MR) is 124 cm³/mol. The summed E-state index contributed by atoms with van der Waals surface area (Å²) in [6.45, 7) is 3.55. The van der Waals surface area contributed by atoms with Gasteiger partial charge in [0.1, 0.15) is 0 Å². The van der Waals surface area contributed by atoms with E-state index in [1.165, 1.54) is 0 Å². The smallest absolute Gasteiger partial charge is 0.315 e. The summed E-state index contributed by atoms with van der Waals surface area (Å²) in [5, 5.41) is 12.1. The second-order valence-electron chi connectivity index (χ2n) is 8.35. The zero-order valence-corrected chi connectivity index (χ0v) is 19.9. The number of amides is 4. The Labute approximate surface area is 194 Å². The molecule has 2 heterocycles. The first kappa shape index (κ1) is 26.3. The molecule has 0 aromatic carbocycles. The molecule has 182 valence electrons. The lowest BCUT2D eigenvalue weighted by molar-refractivity contribution is -0.145. The molecule has 0 aromatic heterocycles. The minimum Gasteiger partial charge on any atom is -0.466 e. The number of ether oxygens (including phenoxy) is 1. The van der Waals surface area contributed by atoms with E-state index in [0.717, 1.165) is 50.7 Å². The van der Waals surface area contributed by atoms with Crippen LogP contribution < -0.4 is 21.3 Å². The highest BCUT2D eigenvalue weighted by Crippen LogP contribution is 2.33. The van der Waals surface area contributed by atoms with Gasteiger partial charge in [-0.1, -0.05) is 13.3 Å². The number of thioether (sulfide) groups is 1. The maximum atomic E-state index is 12.0. The van der Waals surface area contributed by atoms with E-state index in [-0.39, 0.29) is 48.7 Å². The minimum atomic E-state index is -0.330. The van der Waals surface area contributed by atoms with Crippen LogP contribution in [0.3, 0.4) is 0 Å². The normalized spacial score (nSPS) is 21.4. The van der Waals surface area contributed by atoms with E-state index in [2.05, 4.69) is 21.3 Å². The standard InChI is InChI=1S/C22H38N4O5S/c1-2-14-31-20(29)11-10-19(28)24-13-7-3-6-12-23-18(27)9-5-4-8-17-21-16(15-32-17)25-22(30)26-21/h16-17,21H,2-15H2,1H3,(H,23,27)(H,24,28)(H2,25,26,30)/t16-,17-,21-/m1/s1. The number of esters is 1. The van der Waals surface area contributed by atoms with Crippen molar-refractivity contribution in [1.29, 1.82) is 0 Å². The van der Waals surface area contributed by atoms with Gasteiger partial charge >= 0.3 is 12.0 Å². The molecular weight excluding hydrogens is 432 g/mol. The van der Waals surface area contributed by atoms with Crippen LogP contribution in [0.2, 0.25) is 0 Å². The number of nitrogens with one attached hydrogen (secondary N) is 4. The zero-order valence-electron chi connectivity index (χ0n) is 19.1. The molecule has 9 nitrogen and oxygen atoms in total. The Morgan fingerprint density at radius 3 is 2.41 bits per heavy atom. The molecule has 3 atom stereocenters. The predicted octanol–water partition coefficient (Wildman–Crippen LogP) is 1.85. The number of rotatable bonds is 16. The van der Waals surface area contributed by atoms with E-state index in [4.69, 9.17) is 4.74 Å². The van der Waals surface area contributed by atoms with Crippen LogP contribution in [0.25, 0.3) is 0 Å². The van der Waals surface area contributed by atoms with E-state index >= 15 is 0 Å². The highest BCUT2D eigenvalue weighted by atomic mass is 32.2. The van der Waals surface area contributed by atoms with Crippen LogP contribution in [0.4, 0.5) is 4.79 Å². The first-order valence-corrected chi connectivity index (χ1v) is 12.9. The van der Waals surface area contributed by atoms with Gasteiger partial charge in [0.05, 0.1) is 25.1 Å². The quantitative estimate of drug-likeness (QED) is 0.155. The molecule has 2 saturated heterocycles. The third kappa shape index (κ3) is 10.1. The Morgan fingerprint density at radius 1 is 0.969 bits per heavy atom. The van der Waals surface area contributed by atoms with E-state index in [1.807, 2.05) is 18.7 Å². The van der Waals surface area contributed by atoms with Crippen molar-refractivity contribution in [3.63, 3.8) is 0 Å². The van der Waals surface area contributed by atoms with Gasteiger partial charge < -0.3 is 26.0 Å². The maximum Gasteiger partial charge on any atom is 0.315 e. The van der Waals surface area contributed by atoms with Gasteiger partial charge in [0, 0.05) is 36.9 Å². The number of hydrogen-bond donors (Lipinski definition) is 4. The Morgan fingerprint density at radius 2 is 1.69 bits per heavy atom. The molecule has 32 heavy (non-hydrogen) atoms. The van der Waals surface area contributed by atoms with E-state index in [9.17, 15) is 19.2 Å². The fourth-order valence-electron chi connectivity index (χ4n) is 3.84. The Bertz CT molecular complexity index is 633. The zero-order chi connectivity index (χ0) is 23.2. The number of carbonyl (C=O) groups is 4. The molecule has 2 fully saturated rings. The molecule has 0 aliphatic carbocycles. The molecular formula is C22H38N4O5S. The summed E-state index contributed by atoms with van der Waals surface area (Å²) in [7, 11) is 0. The Kier molecular flexibility index (Phi) is 12.3. The molecule has 0 aromatic rings. The number of unbranched alkanes of at least 4 members (excludes halogenated alkanes) is 3. The van der Waals surface area contributed by atoms with Crippen molar-refractivity contribution in [3.05, 3.63) is 0 Å². The molecule has 10 heteroatoms. The van der Waals surface area contributed by atoms with Crippen molar-refractivity contribution < 1.29 is 23.9 Å². The summed E-state index contributed by atoms with van der Waals surface area (Å²) in [5.74, 6) is 0.584. The SMILES string of the molecule is CCCOC(=O)CCC(=O)NCCCCCNC(=O)CCCC[C@H]1SC[C@H]2NC(=O)N[C@H]21. The second kappa shape index (κ2) is 15.0. The number of fused-ring (bicyclic) bond motifs is 1. The average Bonchev–Trinajstić information content (AvgIpc) is 3.32. The molecule has 2 aliphatic heterocycles. The van der Waals surface area contributed by atoms with E-state index in [1.54, 1.807) is 0 Å². The van der Waals surface area contributed by atoms with Gasteiger partial charge in [-0.25, -0.2) is 4.79 Å². The second-order valence-corrected chi connectivity index (χ2v) is 9.62. The fraction of sp³-hybridized carbons (Fsp3) is 0.818. The van der Waals surface area contributed by atoms with E-state index in [0.29, 0.717) is 31.4 Å². The number of hydrogen-bond acceptors (Lipinski definition) is 6. The molecule has 4 amide bonds. The molecule has 4 N–H and O–H groups in total. The van der Waals surface area contributed by atoms with Crippen LogP contribution >= 0.6 is 11.8 Å². The third-order valence-corrected chi connectivity index (χ3v) is 7.11. The summed E-state index contributed by atoms with van der Waals surface area (Å²) in [4.78, 5) is 46.4. The van der Waals surface area contributed by atoms with Crippen molar-refractivity contribution >= 4 is 35.6 Å². The van der Waals surface area contributed by atoms with Crippen LogP contribution in [0.1, 0.15) is 71.1 Å². The minimum absolute atomic E-state index is 0.0588. The largest absolute Gasteiger partial charge is 0.466 e. The van der Waals surface area contributed by atoms with Crippen molar-refractivity contribution in [3.8, 4) is 0 Å². The summed E-state index contributed by atoms with van der Waals surface area (Å²) >= 11 is 1.90. The molecule has 0 saturated carbocycles. The fourth-order valence-corrected chi connectivity index (χ4v) is 5.38. The van der Waals surface area contributed by atoms with Crippen molar-refractivity contribution in [2.75, 3.05) is 25.4 Å². The monoisotopic (exact) mass is 470 g/mol. The van der Waals surface area contributed by atoms with Gasteiger partial charge in [0.25, 0.3) is 0 Å². The first-order chi connectivity index (χ1) is 15.5. The van der Waals surface area contributed by atoms with Crippen molar-refractivity contribution in [2.24, 2.45) is 0 Å². The summed E-state index contributed by atoms with van der Waals surface area (Å²) < 4.78 is 4.93. The van der Waals surface area contributed by atoms with Gasteiger partial charge in [0.15, 0.2) is 0 Å². The maximum absolute atomic E-state index is 12.0. The highest BCUT2D eigenvalue weighted by Gasteiger charge is 2.42. The van der Waals surface area contributed by atoms with Crippen LogP contribution in [0, 0.1) is 0 Å². The topological polar surface area (TPSA) is 126 Å². The Hall–Kier alpha value is -1.97. The lowest BCUT2D eigenvalue weighted by atomic mass is 10.0. The third-order valence-electron chi connectivity index (χ3n) is 5.60. The summed E-state index contributed by atoms with van der Waals surface area (Å²) in [5.41, 5.74) is 0. The summed E-state index contributed by atoms with van der Waals surface area (Å²) in [6, 6.07) is 0.424. The van der Waals surface area contributed by atoms with Crippen molar-refractivity contribution in [1.82, 2.24) is 21.3 Å². The average molecular weight is 471 g/mol. The van der Waals surface area contributed by atoms with Gasteiger partial charge in [-0.15, -0.1) is 0 Å². The molecule has 0 unspecified atom stereocenters. The van der Waals surface area contributed by atoms with Gasteiger partial charge in [0.2, 0.25) is 11.8 Å². The number of carbonyl (C=O) groups excluding carboxylic acids is 4. The molecule has 2 rings (SSSR count).